The summed E-state index contributed by atoms with van der Waals surface area (Å²) in [5, 5.41) is 8.91. The van der Waals surface area contributed by atoms with Gasteiger partial charge in [0.2, 0.25) is 0 Å². The van der Waals surface area contributed by atoms with Crippen LogP contribution in [-0.2, 0) is 6.42 Å². The summed E-state index contributed by atoms with van der Waals surface area (Å²) in [4.78, 5) is 4.26. The first-order valence-corrected chi connectivity index (χ1v) is 4.77. The second-order valence-corrected chi connectivity index (χ2v) is 3.14. The molecule has 1 aromatic heterocycles. The van der Waals surface area contributed by atoms with E-state index in [1.165, 1.54) is 0 Å². The molecule has 14 heavy (non-hydrogen) atoms. The molecule has 2 nitrogen and oxygen atoms in total. The molecule has 0 saturated carbocycles. The van der Waals surface area contributed by atoms with Gasteiger partial charge in [-0.25, -0.2) is 0 Å². The minimum absolute atomic E-state index is 0.106. The number of hydrogen-bond acceptors (Lipinski definition) is 2. The number of nitrogens with zero attached hydrogens (tertiary/aromatic N) is 2. The molecular formula is C12H14N2. The predicted molar refractivity (Wildman–Crippen MR) is 56.8 cm³/mol. The highest BCUT2D eigenvalue weighted by Gasteiger charge is 2.08. The third kappa shape index (κ3) is 2.43. The molecule has 0 N–H and O–H groups in total. The highest BCUT2D eigenvalue weighted by molar-refractivity contribution is 5.24. The van der Waals surface area contributed by atoms with Crippen molar-refractivity contribution >= 4 is 0 Å². The summed E-state index contributed by atoms with van der Waals surface area (Å²) in [7, 11) is 0. The van der Waals surface area contributed by atoms with Crippen LogP contribution in [0.2, 0.25) is 0 Å². The molecule has 1 heterocycles. The van der Waals surface area contributed by atoms with E-state index in [0.717, 1.165) is 17.7 Å². The molecule has 0 bridgehead atoms. The summed E-state index contributed by atoms with van der Waals surface area (Å²) in [5.74, 6) is -0.106. The van der Waals surface area contributed by atoms with Crippen molar-refractivity contribution < 1.29 is 0 Å². The largest absolute Gasteiger partial charge is 0.261 e. The Balaban J connectivity index is 2.84. The van der Waals surface area contributed by atoms with E-state index in [1.807, 2.05) is 12.1 Å². The number of nitriles is 1. The topological polar surface area (TPSA) is 36.7 Å². The van der Waals surface area contributed by atoms with Crippen molar-refractivity contribution in [2.24, 2.45) is 0 Å². The molecule has 1 atom stereocenters. The van der Waals surface area contributed by atoms with E-state index in [4.69, 9.17) is 5.26 Å². The van der Waals surface area contributed by atoms with Gasteiger partial charge in [-0.2, -0.15) is 5.26 Å². The highest BCUT2D eigenvalue weighted by atomic mass is 14.7. The molecule has 0 spiro atoms. The minimum atomic E-state index is -0.106. The molecule has 1 rings (SSSR count). The average Bonchev–Trinajstić information content (AvgIpc) is 2.26. The van der Waals surface area contributed by atoms with Gasteiger partial charge in [0.1, 0.15) is 0 Å². The molecule has 72 valence electrons. The quantitative estimate of drug-likeness (QED) is 0.678. The normalized spacial score (nSPS) is 11.7. The van der Waals surface area contributed by atoms with E-state index in [9.17, 15) is 0 Å². The summed E-state index contributed by atoms with van der Waals surface area (Å²) < 4.78 is 0. The first-order chi connectivity index (χ1) is 6.81. The standard InChI is InChI=1S/C12H14N2/c1-3-5-10(8-13)11-6-7-12(4-2)14-9-11/h3,6-7,9-10H,1,4-5H2,2H3. The van der Waals surface area contributed by atoms with E-state index in [0.29, 0.717) is 6.42 Å². The van der Waals surface area contributed by atoms with Crippen molar-refractivity contribution in [3.63, 3.8) is 0 Å². The molecule has 1 aromatic rings. The predicted octanol–water partition coefficient (Wildman–Crippen LogP) is 2.83. The zero-order valence-corrected chi connectivity index (χ0v) is 8.40. The molecule has 0 radical (unpaired) electrons. The fourth-order valence-corrected chi connectivity index (χ4v) is 1.28. The molecule has 1 unspecified atom stereocenters. The summed E-state index contributed by atoms with van der Waals surface area (Å²) in [6.07, 6.45) is 5.17. The van der Waals surface area contributed by atoms with Gasteiger partial charge in [-0.15, -0.1) is 6.58 Å². The Morgan fingerprint density at radius 1 is 1.64 bits per heavy atom. The Labute approximate surface area is 84.9 Å². The van der Waals surface area contributed by atoms with Gasteiger partial charge in [-0.3, -0.25) is 4.98 Å². The van der Waals surface area contributed by atoms with E-state index >= 15 is 0 Å². The van der Waals surface area contributed by atoms with Crippen LogP contribution in [0.4, 0.5) is 0 Å². The lowest BCUT2D eigenvalue weighted by Gasteiger charge is -2.06. The number of hydrogen-bond donors (Lipinski definition) is 0. The molecule has 0 fully saturated rings. The molecule has 0 aromatic carbocycles. The van der Waals surface area contributed by atoms with Gasteiger partial charge in [-0.05, 0) is 24.5 Å². The van der Waals surface area contributed by atoms with Crippen LogP contribution < -0.4 is 0 Å². The Hall–Kier alpha value is -1.62. The molecular weight excluding hydrogens is 172 g/mol. The highest BCUT2D eigenvalue weighted by Crippen LogP contribution is 2.18. The first-order valence-electron chi connectivity index (χ1n) is 4.77. The van der Waals surface area contributed by atoms with Gasteiger partial charge < -0.3 is 0 Å². The van der Waals surface area contributed by atoms with Crippen LogP contribution in [0.15, 0.2) is 31.0 Å². The van der Waals surface area contributed by atoms with Crippen LogP contribution >= 0.6 is 0 Å². The number of aryl methyl sites for hydroxylation is 1. The second kappa shape index (κ2) is 5.18. The van der Waals surface area contributed by atoms with Crippen molar-refractivity contribution in [2.45, 2.75) is 25.7 Å². The van der Waals surface area contributed by atoms with Crippen LogP contribution in [0, 0.1) is 11.3 Å². The first kappa shape index (κ1) is 10.5. The third-order valence-electron chi connectivity index (χ3n) is 2.17. The molecule has 0 saturated heterocycles. The van der Waals surface area contributed by atoms with Gasteiger partial charge in [-0.1, -0.05) is 19.1 Å². The number of allylic oxidation sites excluding steroid dienone is 1. The van der Waals surface area contributed by atoms with Gasteiger partial charge >= 0.3 is 0 Å². The SMILES string of the molecule is C=CCC(C#N)c1ccc(CC)nc1. The fourth-order valence-electron chi connectivity index (χ4n) is 1.28. The maximum Gasteiger partial charge on any atom is 0.0761 e. The number of pyridine rings is 1. The van der Waals surface area contributed by atoms with Crippen molar-refractivity contribution in [3.05, 3.63) is 42.2 Å². The Morgan fingerprint density at radius 2 is 2.43 bits per heavy atom. The van der Waals surface area contributed by atoms with Crippen molar-refractivity contribution in [1.82, 2.24) is 4.98 Å². The monoisotopic (exact) mass is 186 g/mol. The molecule has 0 aliphatic rings. The van der Waals surface area contributed by atoms with Crippen molar-refractivity contribution in [2.75, 3.05) is 0 Å². The summed E-state index contributed by atoms with van der Waals surface area (Å²) >= 11 is 0. The zero-order chi connectivity index (χ0) is 10.4. The van der Waals surface area contributed by atoms with Crippen LogP contribution in [-0.4, -0.2) is 4.98 Å². The molecule has 0 aliphatic carbocycles. The zero-order valence-electron chi connectivity index (χ0n) is 8.40. The van der Waals surface area contributed by atoms with Gasteiger partial charge in [0.05, 0.1) is 12.0 Å². The van der Waals surface area contributed by atoms with Gasteiger partial charge in [0.15, 0.2) is 0 Å². The Bertz CT molecular complexity index is 332. The molecule has 2 heteroatoms. The number of rotatable bonds is 4. The fraction of sp³-hybridized carbons (Fsp3) is 0.333. The van der Waals surface area contributed by atoms with E-state index in [-0.39, 0.29) is 5.92 Å². The summed E-state index contributed by atoms with van der Waals surface area (Å²) in [6, 6.07) is 6.20. The maximum absolute atomic E-state index is 8.91. The van der Waals surface area contributed by atoms with Crippen LogP contribution in [0.1, 0.15) is 30.5 Å². The Morgan fingerprint density at radius 3 is 2.86 bits per heavy atom. The lowest BCUT2D eigenvalue weighted by atomic mass is 9.99. The van der Waals surface area contributed by atoms with Crippen LogP contribution in [0.25, 0.3) is 0 Å². The van der Waals surface area contributed by atoms with Crippen molar-refractivity contribution in [1.29, 1.82) is 5.26 Å². The second-order valence-electron chi connectivity index (χ2n) is 3.14. The van der Waals surface area contributed by atoms with E-state index in [2.05, 4.69) is 24.6 Å². The molecule has 0 amide bonds. The Kier molecular flexibility index (Phi) is 3.87. The lowest BCUT2D eigenvalue weighted by molar-refractivity contribution is 0.864. The molecule has 0 aliphatic heterocycles. The number of aromatic nitrogens is 1. The van der Waals surface area contributed by atoms with E-state index < -0.39 is 0 Å². The van der Waals surface area contributed by atoms with E-state index in [1.54, 1.807) is 12.3 Å². The van der Waals surface area contributed by atoms with Crippen molar-refractivity contribution in [3.8, 4) is 6.07 Å². The third-order valence-corrected chi connectivity index (χ3v) is 2.17. The van der Waals surface area contributed by atoms with Gasteiger partial charge in [0, 0.05) is 11.9 Å². The van der Waals surface area contributed by atoms with Gasteiger partial charge in [0.25, 0.3) is 0 Å². The summed E-state index contributed by atoms with van der Waals surface area (Å²) in [5.41, 5.74) is 2.04. The average molecular weight is 186 g/mol. The van der Waals surface area contributed by atoms with Crippen LogP contribution in [0.5, 0.6) is 0 Å². The maximum atomic E-state index is 8.91. The lowest BCUT2D eigenvalue weighted by Crippen LogP contribution is -1.96. The van der Waals surface area contributed by atoms with Crippen LogP contribution in [0.3, 0.4) is 0 Å². The smallest absolute Gasteiger partial charge is 0.0761 e. The minimum Gasteiger partial charge on any atom is -0.261 e. The summed E-state index contributed by atoms with van der Waals surface area (Å²) in [6.45, 7) is 5.70.